The minimum absolute atomic E-state index is 0.0545. The number of nitrogens with zero attached hydrogens (tertiary/aromatic N) is 2. The Hall–Kier alpha value is -2.94. The number of nitrogens with one attached hydrogen (secondary N) is 1. The van der Waals surface area contributed by atoms with Crippen molar-refractivity contribution in [3.8, 4) is 5.75 Å². The number of amides is 1. The third-order valence-corrected chi connectivity index (χ3v) is 5.79. The average Bonchev–Trinajstić information content (AvgIpc) is 3.08. The molecule has 0 bridgehead atoms. The Morgan fingerprint density at radius 1 is 1.17 bits per heavy atom. The van der Waals surface area contributed by atoms with Crippen molar-refractivity contribution in [2.75, 3.05) is 18.9 Å². The van der Waals surface area contributed by atoms with Gasteiger partial charge >= 0.3 is 0 Å². The summed E-state index contributed by atoms with van der Waals surface area (Å²) in [5.41, 5.74) is 0.425. The summed E-state index contributed by atoms with van der Waals surface area (Å²) in [6.07, 6.45) is 0.692. The van der Waals surface area contributed by atoms with Gasteiger partial charge in [0.15, 0.2) is 6.10 Å². The molecule has 2 aromatic carbocycles. The number of ether oxygens (including phenoxy) is 1. The third-order valence-electron chi connectivity index (χ3n) is 4.48. The minimum atomic E-state index is -3.80. The van der Waals surface area contributed by atoms with Crippen LogP contribution in [-0.2, 0) is 14.8 Å². The molecule has 1 saturated heterocycles. The molecule has 1 fully saturated rings. The van der Waals surface area contributed by atoms with Crippen LogP contribution in [-0.4, -0.2) is 44.8 Å². The molecule has 1 N–H and O–H groups in total. The third kappa shape index (κ3) is 5.32. The molecular formula is C20H22FN3O4S. The predicted molar refractivity (Wildman–Crippen MR) is 108 cm³/mol. The molecule has 154 valence electrons. The predicted octanol–water partition coefficient (Wildman–Crippen LogP) is 3.04. The lowest BCUT2D eigenvalue weighted by Gasteiger charge is -2.15. The monoisotopic (exact) mass is 419 g/mol. The van der Waals surface area contributed by atoms with E-state index in [4.69, 9.17) is 4.74 Å². The van der Waals surface area contributed by atoms with E-state index < -0.39 is 27.9 Å². The van der Waals surface area contributed by atoms with E-state index >= 15 is 0 Å². The largest absolute Gasteiger partial charge is 0.481 e. The van der Waals surface area contributed by atoms with Gasteiger partial charge in [0.25, 0.3) is 15.9 Å². The van der Waals surface area contributed by atoms with Gasteiger partial charge in [0.2, 0.25) is 0 Å². The van der Waals surface area contributed by atoms with Crippen molar-refractivity contribution in [3.05, 3.63) is 54.3 Å². The fourth-order valence-corrected chi connectivity index (χ4v) is 3.92. The molecule has 9 heteroatoms. The van der Waals surface area contributed by atoms with Crippen molar-refractivity contribution in [2.45, 2.75) is 30.8 Å². The van der Waals surface area contributed by atoms with Crippen LogP contribution in [0.1, 0.15) is 19.8 Å². The first-order valence-electron chi connectivity index (χ1n) is 9.13. The van der Waals surface area contributed by atoms with E-state index in [1.807, 2.05) is 11.9 Å². The number of hydrogen-bond donors (Lipinski definition) is 1. The van der Waals surface area contributed by atoms with Gasteiger partial charge in [0.05, 0.1) is 4.90 Å². The highest BCUT2D eigenvalue weighted by Gasteiger charge is 2.20. The standard InChI is InChI=1S/C20H22FN3O4S/c1-14(28-17-9-5-15(21)6-10-17)20(25)22-16-7-11-18(12-8-16)29(26,27)23-19-4-3-13-24(19)2/h5-12,14H,3-4,13H2,1-2H3,(H,22,25)/b23-19+. The molecule has 0 radical (unpaired) electrons. The average molecular weight is 419 g/mol. The molecule has 29 heavy (non-hydrogen) atoms. The van der Waals surface area contributed by atoms with Crippen molar-refractivity contribution >= 4 is 27.5 Å². The Morgan fingerprint density at radius 3 is 2.41 bits per heavy atom. The van der Waals surface area contributed by atoms with Crippen molar-refractivity contribution in [1.29, 1.82) is 0 Å². The maximum absolute atomic E-state index is 12.9. The zero-order valence-electron chi connectivity index (χ0n) is 16.1. The fourth-order valence-electron chi connectivity index (χ4n) is 2.83. The molecular weight excluding hydrogens is 397 g/mol. The molecule has 1 heterocycles. The second-order valence-electron chi connectivity index (χ2n) is 6.74. The molecule has 7 nitrogen and oxygen atoms in total. The molecule has 1 amide bonds. The number of likely N-dealkylation sites (tertiary alicyclic amines) is 1. The molecule has 1 unspecified atom stereocenters. The van der Waals surface area contributed by atoms with Crippen LogP contribution in [0.25, 0.3) is 0 Å². The maximum Gasteiger partial charge on any atom is 0.283 e. The first kappa shape index (κ1) is 20.8. The smallest absolute Gasteiger partial charge is 0.283 e. The van der Waals surface area contributed by atoms with E-state index in [9.17, 15) is 17.6 Å². The molecule has 0 aromatic heterocycles. The van der Waals surface area contributed by atoms with Crippen LogP contribution in [0.15, 0.2) is 57.8 Å². The van der Waals surface area contributed by atoms with Crippen LogP contribution in [0.3, 0.4) is 0 Å². The van der Waals surface area contributed by atoms with Crippen LogP contribution in [0.5, 0.6) is 5.75 Å². The summed E-state index contributed by atoms with van der Waals surface area (Å²) in [6.45, 7) is 2.35. The summed E-state index contributed by atoms with van der Waals surface area (Å²) >= 11 is 0. The van der Waals surface area contributed by atoms with Crippen LogP contribution >= 0.6 is 0 Å². The molecule has 0 saturated carbocycles. The van der Waals surface area contributed by atoms with Crippen molar-refractivity contribution < 1.29 is 22.3 Å². The summed E-state index contributed by atoms with van der Waals surface area (Å²) in [7, 11) is -1.99. The molecule has 1 aliphatic rings. The van der Waals surface area contributed by atoms with E-state index in [2.05, 4.69) is 9.71 Å². The Morgan fingerprint density at radius 2 is 1.83 bits per heavy atom. The number of halogens is 1. The van der Waals surface area contributed by atoms with Gasteiger partial charge in [-0.15, -0.1) is 4.40 Å². The molecule has 2 aromatic rings. The minimum Gasteiger partial charge on any atom is -0.481 e. The highest BCUT2D eigenvalue weighted by Crippen LogP contribution is 2.20. The zero-order chi connectivity index (χ0) is 21.0. The normalized spacial score (nSPS) is 16.7. The second-order valence-corrected chi connectivity index (χ2v) is 8.34. The van der Waals surface area contributed by atoms with Crippen molar-refractivity contribution in [3.63, 3.8) is 0 Å². The van der Waals surface area contributed by atoms with Gasteiger partial charge < -0.3 is 15.0 Å². The van der Waals surface area contributed by atoms with E-state index in [-0.39, 0.29) is 4.90 Å². The van der Waals surface area contributed by atoms with E-state index in [1.165, 1.54) is 48.5 Å². The second kappa shape index (κ2) is 8.60. The van der Waals surface area contributed by atoms with Crippen LogP contribution in [0, 0.1) is 5.82 Å². The van der Waals surface area contributed by atoms with Gasteiger partial charge in [-0.25, -0.2) is 4.39 Å². The first-order valence-corrected chi connectivity index (χ1v) is 10.6. The highest BCUT2D eigenvalue weighted by molar-refractivity contribution is 7.90. The molecule has 0 spiro atoms. The van der Waals surface area contributed by atoms with E-state index in [0.29, 0.717) is 23.7 Å². The molecule has 1 atom stereocenters. The van der Waals surface area contributed by atoms with Gasteiger partial charge in [-0.05, 0) is 61.9 Å². The number of sulfonamides is 1. The van der Waals surface area contributed by atoms with Crippen LogP contribution < -0.4 is 10.1 Å². The molecule has 1 aliphatic heterocycles. The summed E-state index contributed by atoms with van der Waals surface area (Å²) in [6, 6.07) is 11.1. The summed E-state index contributed by atoms with van der Waals surface area (Å²) in [4.78, 5) is 14.2. The Balaban J connectivity index is 1.63. The van der Waals surface area contributed by atoms with Gasteiger partial charge in [-0.2, -0.15) is 8.42 Å². The number of amidine groups is 1. The van der Waals surface area contributed by atoms with Gasteiger partial charge in [-0.3, -0.25) is 4.79 Å². The maximum atomic E-state index is 12.9. The van der Waals surface area contributed by atoms with Gasteiger partial charge in [0, 0.05) is 25.7 Å². The van der Waals surface area contributed by atoms with E-state index in [1.54, 1.807) is 6.92 Å². The van der Waals surface area contributed by atoms with E-state index in [0.717, 1.165) is 13.0 Å². The van der Waals surface area contributed by atoms with Gasteiger partial charge in [-0.1, -0.05) is 0 Å². The Labute approximate surface area is 169 Å². The number of benzene rings is 2. The lowest BCUT2D eigenvalue weighted by molar-refractivity contribution is -0.122. The van der Waals surface area contributed by atoms with Gasteiger partial charge in [0.1, 0.15) is 17.4 Å². The number of carbonyl (C=O) groups is 1. The number of carbonyl (C=O) groups excluding carboxylic acids is 1. The fraction of sp³-hybridized carbons (Fsp3) is 0.300. The quantitative estimate of drug-likeness (QED) is 0.778. The topological polar surface area (TPSA) is 88.1 Å². The molecule has 3 rings (SSSR count). The lowest BCUT2D eigenvalue weighted by atomic mass is 10.3. The Kier molecular flexibility index (Phi) is 6.17. The molecule has 0 aliphatic carbocycles. The number of rotatable bonds is 6. The summed E-state index contributed by atoms with van der Waals surface area (Å²) < 4.78 is 47.2. The summed E-state index contributed by atoms with van der Waals surface area (Å²) in [5.74, 6) is 0.104. The lowest BCUT2D eigenvalue weighted by Crippen LogP contribution is -2.30. The van der Waals surface area contributed by atoms with Crippen molar-refractivity contribution in [1.82, 2.24) is 4.90 Å². The number of anilines is 1. The van der Waals surface area contributed by atoms with Crippen LogP contribution in [0.4, 0.5) is 10.1 Å². The summed E-state index contributed by atoms with van der Waals surface area (Å²) in [5, 5.41) is 2.66. The first-order chi connectivity index (χ1) is 13.7. The zero-order valence-corrected chi connectivity index (χ0v) is 16.9. The highest BCUT2D eigenvalue weighted by atomic mass is 32.2. The van der Waals surface area contributed by atoms with Crippen molar-refractivity contribution in [2.24, 2.45) is 4.40 Å². The SMILES string of the molecule is CC(Oc1ccc(F)cc1)C(=O)Nc1ccc(S(=O)(=O)/N=C2\CCCN2C)cc1. The van der Waals surface area contributed by atoms with Crippen LogP contribution in [0.2, 0.25) is 0 Å². The Bertz CT molecular complexity index is 1010. The number of hydrogen-bond acceptors (Lipinski definition) is 4.